The molecule has 4 amide bonds. The van der Waals surface area contributed by atoms with E-state index in [1.165, 1.54) is 69.0 Å². The first-order valence-electron chi connectivity index (χ1n) is 45.7. The monoisotopic (exact) mass is 1860 g/mol. The number of piperidine rings is 7. The lowest BCUT2D eigenvalue weighted by atomic mass is 9.90. The van der Waals surface area contributed by atoms with Crippen molar-refractivity contribution in [3.63, 3.8) is 0 Å². The van der Waals surface area contributed by atoms with E-state index in [2.05, 4.69) is 24.9 Å². The molecule has 15 rings (SSSR count). The summed E-state index contributed by atoms with van der Waals surface area (Å²) in [6, 6.07) is 6.45. The molecule has 36 heteroatoms. The first-order chi connectivity index (χ1) is 60.9. The standard InChI is InChI=1S/2C21H30FN3O3.C21H32FN3O3.C16H22ClFN2O3.C8H16O3S.C5H3ClFNO/c2*1-21(7-8-21)28-20(26)25-11-5-16(6-12-25)15-27-17-13-18(22)19(23-14-17)24-9-3-2-4-10-24;1-21(2,3)28-20(26)25-11-7-16(8-12-25)15-27-17-13-18(22)19(23-14-17)24-9-5-4-6-10-24;1-16(2,3)23-15(21)20-6-4-11(5-7-20)10-22-12-8-13(18)14(17)19-9-12;1-12(9,10)11-7-8-5-3-2-4-6-8;6-5-4(7)1-3(9)2-8-5/h2*13-14,16H,2-12,15H2,1H3;13-14,16H,4-12,15H2,1-3H3;8-9,11H,4-7,10H2,1-3H3;8H,2-7H2,1H3;1-2,9H. The molecule has 7 saturated heterocycles. The van der Waals surface area contributed by atoms with E-state index in [1.54, 1.807) is 38.2 Å². The third-order valence-electron chi connectivity index (χ3n) is 23.9. The van der Waals surface area contributed by atoms with Crippen LogP contribution in [-0.2, 0) is 33.2 Å². The Kier molecular flexibility index (Phi) is 38.5. The number of anilines is 3. The van der Waals surface area contributed by atoms with Crippen LogP contribution in [-0.4, -0.2) is 236 Å². The summed E-state index contributed by atoms with van der Waals surface area (Å²) in [5.41, 5.74) is -1.42. The molecule has 128 heavy (non-hydrogen) atoms. The summed E-state index contributed by atoms with van der Waals surface area (Å²) in [6.45, 7) is 28.0. The number of ether oxygens (including phenoxy) is 8. The quantitative estimate of drug-likeness (QED) is 0.0328. The fourth-order valence-corrected chi connectivity index (χ4v) is 16.4. The predicted octanol–water partition coefficient (Wildman–Crippen LogP) is 19.2. The summed E-state index contributed by atoms with van der Waals surface area (Å²) in [5, 5.41) is 8.18. The zero-order valence-electron chi connectivity index (χ0n) is 76.0. The molecule has 5 aromatic rings. The SMILES string of the molecule is CC(C)(C)OC(=O)N1CCC(COc2cnc(Cl)c(F)c2)CC1.CC(C)(C)OC(=O)N1CCC(COc2cnc(N3CCCCC3)c(F)c2)CC1.CC1(OC(=O)N2CCC(COc3cnc(N4CCCCC4)c(F)c3)CC2)CC1.CC1(OC(=O)N2CCC(COc3cnc(N4CCCCC4)c(F)c3)CC2)CC1.CS(=O)(=O)OCC1CCCCC1.Oc1cnc(Cl)c(F)c1. The van der Waals surface area contributed by atoms with Crippen LogP contribution >= 0.6 is 23.2 Å². The predicted molar refractivity (Wildman–Crippen MR) is 478 cm³/mol. The number of nitrogens with zero attached hydrogens (tertiary/aromatic N) is 12. The molecule has 0 bridgehead atoms. The molecule has 3 saturated carbocycles. The number of rotatable bonds is 20. The topological polar surface area (TPSA) is 293 Å². The largest absolute Gasteiger partial charge is 0.506 e. The summed E-state index contributed by atoms with van der Waals surface area (Å²) < 4.78 is 140. The van der Waals surface area contributed by atoms with Gasteiger partial charge in [0.25, 0.3) is 10.1 Å². The highest BCUT2D eigenvalue weighted by Gasteiger charge is 2.44. The molecule has 1 N–H and O–H groups in total. The molecule has 10 aliphatic rings. The molecule has 5 aromatic heterocycles. The van der Waals surface area contributed by atoms with Crippen molar-refractivity contribution < 1.29 is 96.7 Å². The van der Waals surface area contributed by atoms with Crippen molar-refractivity contribution in [1.82, 2.24) is 44.5 Å². The van der Waals surface area contributed by atoms with Crippen LogP contribution in [0.3, 0.4) is 0 Å². The van der Waals surface area contributed by atoms with Crippen LogP contribution in [0.2, 0.25) is 10.3 Å². The number of hydrogen-bond donors (Lipinski definition) is 1. The molecule has 12 heterocycles. The van der Waals surface area contributed by atoms with Crippen molar-refractivity contribution in [1.29, 1.82) is 0 Å². The van der Waals surface area contributed by atoms with Crippen molar-refractivity contribution in [2.24, 2.45) is 29.6 Å². The van der Waals surface area contributed by atoms with Gasteiger partial charge in [-0.1, -0.05) is 42.5 Å². The highest BCUT2D eigenvalue weighted by molar-refractivity contribution is 7.86. The van der Waals surface area contributed by atoms with E-state index >= 15 is 0 Å². The first-order valence-corrected chi connectivity index (χ1v) is 48.3. The van der Waals surface area contributed by atoms with Crippen LogP contribution in [0, 0.1) is 58.7 Å². The van der Waals surface area contributed by atoms with Gasteiger partial charge in [0.15, 0.2) is 56.8 Å². The Hall–Kier alpha value is -8.63. The van der Waals surface area contributed by atoms with E-state index in [0.717, 1.165) is 186 Å². The van der Waals surface area contributed by atoms with Crippen molar-refractivity contribution in [2.75, 3.05) is 146 Å². The van der Waals surface area contributed by atoms with Crippen molar-refractivity contribution in [3.05, 3.63) is 101 Å². The van der Waals surface area contributed by atoms with Gasteiger partial charge in [-0.2, -0.15) is 8.42 Å². The van der Waals surface area contributed by atoms with Crippen molar-refractivity contribution in [3.8, 4) is 28.7 Å². The lowest BCUT2D eigenvalue weighted by Crippen LogP contribution is -2.42. The molecular weight excluding hydrogens is 1730 g/mol. The van der Waals surface area contributed by atoms with Crippen LogP contribution in [0.1, 0.15) is 222 Å². The number of carbonyl (C=O) groups is 4. The molecule has 0 unspecified atom stereocenters. The maximum atomic E-state index is 14.4. The number of halogens is 7. The van der Waals surface area contributed by atoms with Gasteiger partial charge in [0.2, 0.25) is 0 Å². The average molecular weight is 1860 g/mol. The maximum absolute atomic E-state index is 14.4. The minimum absolute atomic E-state index is 0.164. The van der Waals surface area contributed by atoms with E-state index in [9.17, 15) is 49.5 Å². The summed E-state index contributed by atoms with van der Waals surface area (Å²) in [6.07, 6.45) is 34.3. The van der Waals surface area contributed by atoms with Gasteiger partial charge in [-0.25, -0.2) is 66.1 Å². The molecule has 7 aliphatic heterocycles. The van der Waals surface area contributed by atoms with E-state index in [0.29, 0.717) is 155 Å². The number of likely N-dealkylation sites (tertiary alicyclic amines) is 4. The third-order valence-corrected chi connectivity index (χ3v) is 25.1. The highest BCUT2D eigenvalue weighted by Crippen LogP contribution is 2.41. The van der Waals surface area contributed by atoms with Crippen LogP contribution in [0.25, 0.3) is 0 Å². The summed E-state index contributed by atoms with van der Waals surface area (Å²) in [5.74, 6) is 2.41. The molecular formula is C92H133Cl2F5N12O16S. The van der Waals surface area contributed by atoms with Crippen molar-refractivity contribution in [2.45, 2.75) is 245 Å². The minimum Gasteiger partial charge on any atom is -0.506 e. The van der Waals surface area contributed by atoms with Gasteiger partial charge in [-0.05, 0) is 233 Å². The average Bonchev–Trinajstić information content (AvgIpc) is 1.70. The summed E-state index contributed by atoms with van der Waals surface area (Å²) >= 11 is 10.7. The fourth-order valence-electron chi connectivity index (χ4n) is 15.7. The zero-order chi connectivity index (χ0) is 92.2. The van der Waals surface area contributed by atoms with Crippen LogP contribution < -0.4 is 33.6 Å². The summed E-state index contributed by atoms with van der Waals surface area (Å²) in [4.78, 5) is 81.4. The van der Waals surface area contributed by atoms with Gasteiger partial charge in [-0.3, -0.25) is 4.18 Å². The van der Waals surface area contributed by atoms with Crippen LogP contribution in [0.5, 0.6) is 28.7 Å². The Bertz CT molecular complexity index is 4180. The zero-order valence-corrected chi connectivity index (χ0v) is 78.3. The van der Waals surface area contributed by atoms with Gasteiger partial charge in [0.05, 0.1) is 70.3 Å². The van der Waals surface area contributed by atoms with Crippen LogP contribution in [0.4, 0.5) is 58.6 Å². The third kappa shape index (κ3) is 35.2. The Balaban J connectivity index is 0.000000165. The Morgan fingerprint density at radius 3 is 0.914 bits per heavy atom. The molecule has 0 spiro atoms. The molecule has 28 nitrogen and oxygen atoms in total. The van der Waals surface area contributed by atoms with E-state index in [-0.39, 0.29) is 69.1 Å². The van der Waals surface area contributed by atoms with E-state index in [1.807, 2.05) is 70.1 Å². The van der Waals surface area contributed by atoms with Gasteiger partial charge < -0.3 is 77.3 Å². The number of aromatic hydroxyl groups is 1. The Morgan fingerprint density at radius 2 is 0.648 bits per heavy atom. The summed E-state index contributed by atoms with van der Waals surface area (Å²) in [7, 11) is -3.22. The molecule has 0 atom stereocenters. The minimum atomic E-state index is -3.22. The number of hydrogen-bond acceptors (Lipinski definition) is 24. The number of amides is 4. The maximum Gasteiger partial charge on any atom is 0.410 e. The number of aromatic nitrogens is 5. The fraction of sp³-hybridized carbons (Fsp3) is 0.685. The second-order valence-electron chi connectivity index (χ2n) is 37.5. The lowest BCUT2D eigenvalue weighted by Gasteiger charge is -2.33. The number of carbonyl (C=O) groups excluding carboxylic acids is 4. The Labute approximate surface area is 761 Å². The van der Waals surface area contributed by atoms with Gasteiger partial charge in [0.1, 0.15) is 51.2 Å². The van der Waals surface area contributed by atoms with Crippen LogP contribution in [0.15, 0.2) is 61.3 Å². The smallest absolute Gasteiger partial charge is 0.410 e. The highest BCUT2D eigenvalue weighted by atomic mass is 35.5. The second-order valence-corrected chi connectivity index (χ2v) is 39.9. The first kappa shape index (κ1) is 101. The van der Waals surface area contributed by atoms with E-state index < -0.39 is 33.0 Å². The molecule has 10 fully saturated rings. The Morgan fingerprint density at radius 1 is 0.383 bits per heavy atom. The van der Waals surface area contributed by atoms with E-state index in [4.69, 9.17) is 70.4 Å². The molecule has 0 radical (unpaired) electrons. The van der Waals surface area contributed by atoms with Gasteiger partial charge in [0, 0.05) is 122 Å². The normalized spacial score (nSPS) is 19.4. The molecule has 712 valence electrons. The lowest BCUT2D eigenvalue weighted by molar-refractivity contribution is 0.0155. The molecule has 0 aromatic carbocycles. The van der Waals surface area contributed by atoms with Gasteiger partial charge in [-0.15, -0.1) is 0 Å². The molecule has 3 aliphatic carbocycles. The second kappa shape index (κ2) is 48.5. The van der Waals surface area contributed by atoms with Crippen molar-refractivity contribution >= 4 is 75.1 Å². The van der Waals surface area contributed by atoms with Gasteiger partial charge >= 0.3 is 24.4 Å². The number of pyridine rings is 5.